The third-order valence-corrected chi connectivity index (χ3v) is 3.15. The normalized spacial score (nSPS) is 9.85. The molecule has 1 aromatic heterocycles. The average Bonchev–Trinajstić information content (AvgIpc) is 2.48. The van der Waals surface area contributed by atoms with Gasteiger partial charge in [-0.3, -0.25) is 14.6 Å². The maximum Gasteiger partial charge on any atom is 0.270 e. The summed E-state index contributed by atoms with van der Waals surface area (Å²) in [7, 11) is 0. The molecule has 0 saturated heterocycles. The predicted octanol–water partition coefficient (Wildman–Crippen LogP) is 2.21. The molecule has 0 aliphatic carbocycles. The largest absolute Gasteiger partial charge is 0.342 e. The molecule has 20 heavy (non-hydrogen) atoms. The minimum atomic E-state index is -0.382. The lowest BCUT2D eigenvalue weighted by Gasteiger charge is -2.08. The molecule has 0 radical (unpaired) electrons. The van der Waals surface area contributed by atoms with Crippen molar-refractivity contribution in [3.05, 3.63) is 58.8 Å². The summed E-state index contributed by atoms with van der Waals surface area (Å²) < 4.78 is 0.782. The molecule has 102 valence electrons. The average molecular weight is 334 g/mol. The number of halogens is 1. The van der Waals surface area contributed by atoms with Gasteiger partial charge in [-0.05, 0) is 40.2 Å². The van der Waals surface area contributed by atoms with Gasteiger partial charge in [0, 0.05) is 10.7 Å². The highest BCUT2D eigenvalue weighted by atomic mass is 79.9. The molecule has 0 atom stereocenters. The van der Waals surface area contributed by atoms with E-state index < -0.39 is 0 Å². The molecule has 0 fully saturated rings. The summed E-state index contributed by atoms with van der Waals surface area (Å²) in [4.78, 5) is 27.3. The van der Waals surface area contributed by atoms with E-state index in [-0.39, 0.29) is 24.1 Å². The Labute approximate surface area is 124 Å². The fraction of sp³-hybridized carbons (Fsp3) is 0.0714. The van der Waals surface area contributed by atoms with Gasteiger partial charge in [0.1, 0.15) is 5.69 Å². The van der Waals surface area contributed by atoms with Crippen LogP contribution in [0.4, 0.5) is 5.69 Å². The molecule has 0 aliphatic rings. The third kappa shape index (κ3) is 3.89. The van der Waals surface area contributed by atoms with E-state index in [4.69, 9.17) is 0 Å². The van der Waals surface area contributed by atoms with Crippen LogP contribution in [0.3, 0.4) is 0 Å². The Morgan fingerprint density at radius 1 is 1.10 bits per heavy atom. The third-order valence-electron chi connectivity index (χ3n) is 2.45. The summed E-state index contributed by atoms with van der Waals surface area (Å²) in [6.45, 7) is -0.114. The van der Waals surface area contributed by atoms with Crippen molar-refractivity contribution < 1.29 is 9.59 Å². The van der Waals surface area contributed by atoms with Crippen LogP contribution in [0.15, 0.2) is 53.1 Å². The van der Waals surface area contributed by atoms with Crippen molar-refractivity contribution in [3.8, 4) is 0 Å². The number of nitrogens with one attached hydrogen (secondary N) is 2. The molecular formula is C14H12BrN3O2. The minimum Gasteiger partial charge on any atom is -0.342 e. The van der Waals surface area contributed by atoms with Gasteiger partial charge in [-0.15, -0.1) is 0 Å². The van der Waals surface area contributed by atoms with Crippen LogP contribution < -0.4 is 10.6 Å². The first-order valence-corrected chi connectivity index (χ1v) is 6.70. The molecule has 0 saturated carbocycles. The Morgan fingerprint density at radius 2 is 1.85 bits per heavy atom. The standard InChI is InChI=1S/C14H12BrN3O2/c15-10-5-1-2-6-11(10)18-13(19)9-17-14(20)12-7-3-4-8-16-12/h1-8H,9H2,(H,17,20)(H,18,19). The lowest BCUT2D eigenvalue weighted by Crippen LogP contribution is -2.33. The van der Waals surface area contributed by atoms with Crippen LogP contribution in [0.5, 0.6) is 0 Å². The van der Waals surface area contributed by atoms with Crippen LogP contribution in [0.1, 0.15) is 10.5 Å². The zero-order chi connectivity index (χ0) is 14.4. The molecule has 0 spiro atoms. The number of nitrogens with zero attached hydrogens (tertiary/aromatic N) is 1. The highest BCUT2D eigenvalue weighted by molar-refractivity contribution is 9.10. The number of para-hydroxylation sites is 1. The summed E-state index contributed by atoms with van der Waals surface area (Å²) in [5, 5.41) is 5.21. The Kier molecular flexibility index (Phi) is 4.84. The van der Waals surface area contributed by atoms with Gasteiger partial charge >= 0.3 is 0 Å². The summed E-state index contributed by atoms with van der Waals surface area (Å²) in [6.07, 6.45) is 1.52. The lowest BCUT2D eigenvalue weighted by molar-refractivity contribution is -0.115. The molecule has 2 aromatic rings. The van der Waals surface area contributed by atoms with Crippen molar-refractivity contribution in [2.75, 3.05) is 11.9 Å². The Morgan fingerprint density at radius 3 is 2.55 bits per heavy atom. The monoisotopic (exact) mass is 333 g/mol. The van der Waals surface area contributed by atoms with Crippen LogP contribution in [0.25, 0.3) is 0 Å². The van der Waals surface area contributed by atoms with Crippen LogP contribution >= 0.6 is 15.9 Å². The number of aromatic nitrogens is 1. The number of anilines is 1. The molecule has 2 amide bonds. The maximum absolute atomic E-state index is 11.7. The fourth-order valence-electron chi connectivity index (χ4n) is 1.51. The van der Waals surface area contributed by atoms with Gasteiger partial charge in [0.05, 0.1) is 12.2 Å². The van der Waals surface area contributed by atoms with Crippen molar-refractivity contribution in [2.24, 2.45) is 0 Å². The van der Waals surface area contributed by atoms with Crippen molar-refractivity contribution in [1.29, 1.82) is 0 Å². The molecule has 5 nitrogen and oxygen atoms in total. The van der Waals surface area contributed by atoms with Crippen molar-refractivity contribution in [2.45, 2.75) is 0 Å². The number of benzene rings is 1. The molecule has 1 heterocycles. The summed E-state index contributed by atoms with van der Waals surface area (Å²) >= 11 is 3.33. The quantitative estimate of drug-likeness (QED) is 0.901. The first-order chi connectivity index (χ1) is 9.66. The van der Waals surface area contributed by atoms with Crippen LogP contribution in [-0.2, 0) is 4.79 Å². The summed E-state index contributed by atoms with van der Waals surface area (Å²) in [5.41, 5.74) is 0.936. The highest BCUT2D eigenvalue weighted by Crippen LogP contribution is 2.20. The van der Waals surface area contributed by atoms with Gasteiger partial charge in [-0.1, -0.05) is 18.2 Å². The molecule has 2 N–H and O–H groups in total. The van der Waals surface area contributed by atoms with Crippen molar-refractivity contribution >= 4 is 33.4 Å². The van der Waals surface area contributed by atoms with Gasteiger partial charge in [0.2, 0.25) is 5.91 Å². The number of hydrogen-bond acceptors (Lipinski definition) is 3. The smallest absolute Gasteiger partial charge is 0.270 e. The van der Waals surface area contributed by atoms with E-state index in [1.807, 2.05) is 18.2 Å². The molecule has 0 unspecified atom stereocenters. The van der Waals surface area contributed by atoms with E-state index >= 15 is 0 Å². The second-order valence-corrected chi connectivity index (χ2v) is 4.78. The summed E-state index contributed by atoms with van der Waals surface area (Å²) in [6, 6.07) is 12.3. The van der Waals surface area contributed by atoms with Crippen molar-refractivity contribution in [3.63, 3.8) is 0 Å². The van der Waals surface area contributed by atoms with Gasteiger partial charge in [0.15, 0.2) is 0 Å². The Balaban J connectivity index is 1.87. The second kappa shape index (κ2) is 6.81. The number of hydrogen-bond donors (Lipinski definition) is 2. The number of carbonyl (C=O) groups is 2. The summed E-state index contributed by atoms with van der Waals surface area (Å²) in [5.74, 6) is -0.686. The minimum absolute atomic E-state index is 0.114. The fourth-order valence-corrected chi connectivity index (χ4v) is 1.89. The Bertz CT molecular complexity index is 617. The first kappa shape index (κ1) is 14.2. The van der Waals surface area contributed by atoms with Crippen LogP contribution in [-0.4, -0.2) is 23.3 Å². The number of carbonyl (C=O) groups excluding carboxylic acids is 2. The molecular weight excluding hydrogens is 322 g/mol. The van der Waals surface area contributed by atoms with E-state index in [0.29, 0.717) is 5.69 Å². The van der Waals surface area contributed by atoms with E-state index in [1.54, 1.807) is 24.3 Å². The van der Waals surface area contributed by atoms with Crippen molar-refractivity contribution in [1.82, 2.24) is 10.3 Å². The SMILES string of the molecule is O=C(CNC(=O)c1ccccn1)Nc1ccccc1Br. The van der Waals surface area contributed by atoms with E-state index in [9.17, 15) is 9.59 Å². The molecule has 1 aromatic carbocycles. The lowest BCUT2D eigenvalue weighted by atomic mass is 10.3. The predicted molar refractivity (Wildman–Crippen MR) is 79.3 cm³/mol. The zero-order valence-corrected chi connectivity index (χ0v) is 12.1. The van der Waals surface area contributed by atoms with Crippen LogP contribution in [0, 0.1) is 0 Å². The topological polar surface area (TPSA) is 71.1 Å². The number of amides is 2. The Hall–Kier alpha value is -2.21. The van der Waals surface area contributed by atoms with E-state index in [0.717, 1.165) is 4.47 Å². The second-order valence-electron chi connectivity index (χ2n) is 3.93. The van der Waals surface area contributed by atoms with Crippen LogP contribution in [0.2, 0.25) is 0 Å². The number of rotatable bonds is 4. The molecule has 2 rings (SSSR count). The highest BCUT2D eigenvalue weighted by Gasteiger charge is 2.09. The molecule has 0 aliphatic heterocycles. The van der Waals surface area contributed by atoms with Gasteiger partial charge in [0.25, 0.3) is 5.91 Å². The number of pyridine rings is 1. The zero-order valence-electron chi connectivity index (χ0n) is 10.5. The van der Waals surface area contributed by atoms with E-state index in [2.05, 4.69) is 31.5 Å². The molecule has 0 bridgehead atoms. The maximum atomic E-state index is 11.7. The molecule has 6 heteroatoms. The van der Waals surface area contributed by atoms with E-state index in [1.165, 1.54) is 6.20 Å². The van der Waals surface area contributed by atoms with Gasteiger partial charge in [-0.2, -0.15) is 0 Å². The van der Waals surface area contributed by atoms with Gasteiger partial charge < -0.3 is 10.6 Å². The first-order valence-electron chi connectivity index (χ1n) is 5.90. The van der Waals surface area contributed by atoms with Gasteiger partial charge in [-0.25, -0.2) is 0 Å².